The zero-order chi connectivity index (χ0) is 20.9. The molecule has 4 N–H and O–H groups in total. The second-order valence-electron chi connectivity index (χ2n) is 6.18. The Bertz CT molecular complexity index is 880. The van der Waals surface area contributed by atoms with E-state index < -0.39 is 23.5 Å². The molecule has 2 aromatic rings. The number of carbonyl (C=O) groups excluding carboxylic acids is 1. The van der Waals surface area contributed by atoms with E-state index in [1.165, 1.54) is 12.4 Å². The number of amides is 1. The molecule has 1 unspecified atom stereocenters. The molecule has 2 rings (SSSR count). The largest absolute Gasteiger partial charge is 0.416 e. The van der Waals surface area contributed by atoms with Gasteiger partial charge in [-0.15, -0.1) is 0 Å². The van der Waals surface area contributed by atoms with Crippen LogP contribution in [0.5, 0.6) is 0 Å². The van der Waals surface area contributed by atoms with Crippen LogP contribution < -0.4 is 16.4 Å². The quantitative estimate of drug-likeness (QED) is 0.496. The van der Waals surface area contributed by atoms with Gasteiger partial charge in [0.2, 0.25) is 5.91 Å². The Morgan fingerprint density at radius 2 is 2.00 bits per heavy atom. The van der Waals surface area contributed by atoms with E-state index >= 15 is 0 Å². The highest BCUT2D eigenvalue weighted by Crippen LogP contribution is 2.31. The van der Waals surface area contributed by atoms with E-state index in [9.17, 15) is 22.4 Å². The summed E-state index contributed by atoms with van der Waals surface area (Å²) in [6.07, 6.45) is -1.71. The summed E-state index contributed by atoms with van der Waals surface area (Å²) in [6.45, 7) is 1.76. The normalized spacial score (nSPS) is 13.3. The van der Waals surface area contributed by atoms with Gasteiger partial charge in [0.25, 0.3) is 0 Å². The zero-order valence-electron chi connectivity index (χ0n) is 15.3. The molecule has 0 aliphatic heterocycles. The Morgan fingerprint density at radius 1 is 1.29 bits per heavy atom. The molecule has 0 saturated heterocycles. The van der Waals surface area contributed by atoms with E-state index in [2.05, 4.69) is 15.6 Å². The lowest BCUT2D eigenvalue weighted by atomic mass is 10.0. The van der Waals surface area contributed by atoms with Crippen LogP contribution in [-0.4, -0.2) is 24.0 Å². The minimum Gasteiger partial charge on any atom is -0.366 e. The fourth-order valence-electron chi connectivity index (χ4n) is 2.52. The van der Waals surface area contributed by atoms with Crippen molar-refractivity contribution >= 4 is 11.6 Å². The maximum absolute atomic E-state index is 13.5. The highest BCUT2D eigenvalue weighted by molar-refractivity contribution is 5.93. The van der Waals surface area contributed by atoms with Crippen molar-refractivity contribution in [2.75, 3.05) is 12.4 Å². The Morgan fingerprint density at radius 3 is 2.61 bits per heavy atom. The number of alkyl halides is 3. The summed E-state index contributed by atoms with van der Waals surface area (Å²) in [7, 11) is 1.68. The number of carbonyl (C=O) groups is 1. The molecule has 0 spiro atoms. The van der Waals surface area contributed by atoms with Crippen LogP contribution in [0.3, 0.4) is 0 Å². The number of anilines is 1. The summed E-state index contributed by atoms with van der Waals surface area (Å²) in [5, 5.41) is 5.82. The highest BCUT2D eigenvalue weighted by Gasteiger charge is 2.31. The number of aromatic nitrogens is 1. The molecule has 0 fully saturated rings. The second kappa shape index (κ2) is 8.83. The first-order valence-corrected chi connectivity index (χ1v) is 8.35. The lowest BCUT2D eigenvalue weighted by molar-refractivity contribution is -0.137. The van der Waals surface area contributed by atoms with Gasteiger partial charge in [-0.25, -0.2) is 4.39 Å². The average molecular weight is 396 g/mol. The van der Waals surface area contributed by atoms with Crippen LogP contribution in [0.4, 0.5) is 23.2 Å². The fraction of sp³-hybridized carbons (Fsp3) is 0.263. The Balaban J connectivity index is 2.22. The molecular weight excluding hydrogens is 376 g/mol. The molecule has 28 heavy (non-hydrogen) atoms. The third-order valence-corrected chi connectivity index (χ3v) is 4.07. The average Bonchev–Trinajstić information content (AvgIpc) is 2.60. The van der Waals surface area contributed by atoms with Crippen molar-refractivity contribution in [3.8, 4) is 0 Å². The maximum atomic E-state index is 13.5. The monoisotopic (exact) mass is 396 g/mol. The van der Waals surface area contributed by atoms with Gasteiger partial charge in [-0.1, -0.05) is 0 Å². The molecule has 0 aliphatic carbocycles. The number of hydrogen-bond donors (Lipinski definition) is 3. The van der Waals surface area contributed by atoms with Gasteiger partial charge in [-0.05, 0) is 49.9 Å². The van der Waals surface area contributed by atoms with Crippen LogP contribution in [0.1, 0.15) is 23.7 Å². The lowest BCUT2D eigenvalue weighted by Crippen LogP contribution is -2.32. The van der Waals surface area contributed by atoms with Crippen LogP contribution in [-0.2, 0) is 17.4 Å². The van der Waals surface area contributed by atoms with Crippen LogP contribution >= 0.6 is 0 Å². The third kappa shape index (κ3) is 5.78. The van der Waals surface area contributed by atoms with E-state index in [1.54, 1.807) is 26.1 Å². The van der Waals surface area contributed by atoms with Crippen molar-refractivity contribution in [3.63, 3.8) is 0 Å². The van der Waals surface area contributed by atoms with Crippen LogP contribution in [0.15, 0.2) is 48.3 Å². The van der Waals surface area contributed by atoms with Crippen molar-refractivity contribution in [1.29, 1.82) is 0 Å². The molecule has 1 aromatic heterocycles. The van der Waals surface area contributed by atoms with Gasteiger partial charge >= 0.3 is 6.18 Å². The molecular formula is C19H20F4N4O. The van der Waals surface area contributed by atoms with E-state index in [-0.39, 0.29) is 18.0 Å². The van der Waals surface area contributed by atoms with Crippen molar-refractivity contribution in [2.24, 2.45) is 5.73 Å². The van der Waals surface area contributed by atoms with Crippen LogP contribution in [0, 0.1) is 5.82 Å². The molecule has 1 aromatic carbocycles. The number of nitrogens with two attached hydrogens (primary N) is 1. The van der Waals surface area contributed by atoms with Gasteiger partial charge in [-0.3, -0.25) is 9.78 Å². The van der Waals surface area contributed by atoms with Gasteiger partial charge in [0, 0.05) is 41.8 Å². The Kier molecular flexibility index (Phi) is 6.74. The first kappa shape index (κ1) is 21.4. The topological polar surface area (TPSA) is 80.0 Å². The van der Waals surface area contributed by atoms with Crippen molar-refractivity contribution in [3.05, 3.63) is 70.9 Å². The number of halogens is 4. The number of nitrogens with one attached hydrogen (secondary N) is 2. The fourth-order valence-corrected chi connectivity index (χ4v) is 2.52. The summed E-state index contributed by atoms with van der Waals surface area (Å²) in [6, 6.07) is 5.32. The Labute approximate surface area is 159 Å². The van der Waals surface area contributed by atoms with Crippen LogP contribution in [0.2, 0.25) is 0 Å². The molecule has 150 valence electrons. The maximum Gasteiger partial charge on any atom is 0.416 e. The molecule has 1 heterocycles. The number of likely N-dealkylation sites (N-methyl/N-ethyl adjacent to an activating group) is 1. The minimum absolute atomic E-state index is 0.00959. The lowest BCUT2D eigenvalue weighted by Gasteiger charge is -2.13. The molecule has 0 bridgehead atoms. The molecule has 1 atom stereocenters. The molecule has 0 aliphatic rings. The number of pyridine rings is 1. The number of primary amides is 1. The number of nitrogens with zero attached hydrogens (tertiary/aromatic N) is 1. The predicted octanol–water partition coefficient (Wildman–Crippen LogP) is 3.22. The van der Waals surface area contributed by atoms with Gasteiger partial charge in [0.15, 0.2) is 0 Å². The van der Waals surface area contributed by atoms with Gasteiger partial charge in [0.05, 0.1) is 5.56 Å². The third-order valence-electron chi connectivity index (χ3n) is 4.07. The van der Waals surface area contributed by atoms with Crippen molar-refractivity contribution in [2.45, 2.75) is 25.6 Å². The summed E-state index contributed by atoms with van der Waals surface area (Å²) < 4.78 is 52.1. The second-order valence-corrected chi connectivity index (χ2v) is 6.18. The smallest absolute Gasteiger partial charge is 0.366 e. The highest BCUT2D eigenvalue weighted by atomic mass is 19.4. The summed E-state index contributed by atoms with van der Waals surface area (Å²) in [5.41, 5.74) is 5.75. The Hall–Kier alpha value is -2.94. The van der Waals surface area contributed by atoms with E-state index in [0.717, 1.165) is 12.1 Å². The van der Waals surface area contributed by atoms with Crippen molar-refractivity contribution < 1.29 is 22.4 Å². The van der Waals surface area contributed by atoms with Gasteiger partial charge in [-0.2, -0.15) is 13.2 Å². The summed E-state index contributed by atoms with van der Waals surface area (Å²) in [5.74, 6) is -1.56. The van der Waals surface area contributed by atoms with E-state index in [0.29, 0.717) is 23.0 Å². The van der Waals surface area contributed by atoms with Crippen LogP contribution in [0.25, 0.3) is 0 Å². The van der Waals surface area contributed by atoms with E-state index in [4.69, 9.17) is 5.73 Å². The minimum atomic E-state index is -4.63. The number of benzene rings is 1. The van der Waals surface area contributed by atoms with Gasteiger partial charge < -0.3 is 16.4 Å². The first-order chi connectivity index (χ1) is 13.1. The predicted molar refractivity (Wildman–Crippen MR) is 97.9 cm³/mol. The van der Waals surface area contributed by atoms with E-state index in [1.807, 2.05) is 0 Å². The molecule has 0 saturated carbocycles. The number of rotatable bonds is 7. The number of hydrogen-bond acceptors (Lipinski definition) is 4. The van der Waals surface area contributed by atoms with Gasteiger partial charge in [0.1, 0.15) is 5.82 Å². The first-order valence-electron chi connectivity index (χ1n) is 8.35. The zero-order valence-corrected chi connectivity index (χ0v) is 15.3. The summed E-state index contributed by atoms with van der Waals surface area (Å²) >= 11 is 0. The standard InChI is InChI=1S/C19H20F4N4O/c1-11(25-2)17(18(24)28)10-27-15-3-4-26-16(9-15)7-12-5-13(19(21,22)23)8-14(20)6-12/h3-6,8-11,25H,7H2,1-2H3,(H2,24,28)(H,26,27)/b17-10+. The molecule has 1 amide bonds. The van der Waals surface area contributed by atoms with Crippen molar-refractivity contribution in [1.82, 2.24) is 10.3 Å². The summed E-state index contributed by atoms with van der Waals surface area (Å²) in [4.78, 5) is 15.6. The molecule has 9 heteroatoms. The SMILES string of the molecule is CNC(C)/C(=C\Nc1ccnc(Cc2cc(F)cc(C(F)(F)F)c2)c1)C(N)=O. The molecule has 0 radical (unpaired) electrons. The molecule has 5 nitrogen and oxygen atoms in total.